The lowest BCUT2D eigenvalue weighted by Gasteiger charge is -2.26. The molecule has 2 saturated heterocycles. The Bertz CT molecular complexity index is 1010. The van der Waals surface area contributed by atoms with Gasteiger partial charge in [0.05, 0.1) is 40.7 Å². The number of fused-ring (bicyclic) bond motifs is 1. The first-order valence-electron chi connectivity index (χ1n) is 8.23. The van der Waals surface area contributed by atoms with Gasteiger partial charge in [0.2, 0.25) is 0 Å². The van der Waals surface area contributed by atoms with Crippen LogP contribution >= 0.6 is 35.4 Å². The highest BCUT2D eigenvalue weighted by Crippen LogP contribution is 2.39. The summed E-state index contributed by atoms with van der Waals surface area (Å²) >= 11 is 18.0. The van der Waals surface area contributed by atoms with Crippen LogP contribution < -0.4 is 14.5 Å². The van der Waals surface area contributed by atoms with Crippen molar-refractivity contribution in [3.05, 3.63) is 52.5 Å². The number of thiocarbonyl (C=S) groups is 1. The van der Waals surface area contributed by atoms with Gasteiger partial charge >= 0.3 is 0 Å². The van der Waals surface area contributed by atoms with Crippen LogP contribution in [0.5, 0.6) is 5.75 Å². The van der Waals surface area contributed by atoms with Crippen LogP contribution in [0.1, 0.15) is 0 Å². The van der Waals surface area contributed by atoms with E-state index in [1.807, 2.05) is 34.1 Å². The molecule has 2 aliphatic heterocycles. The molecule has 2 aromatic carbocycles. The minimum atomic E-state index is -3.17. The van der Waals surface area contributed by atoms with Crippen molar-refractivity contribution >= 4 is 61.7 Å². The Balaban J connectivity index is 1.78. The van der Waals surface area contributed by atoms with Crippen molar-refractivity contribution in [2.75, 3.05) is 28.4 Å². The second-order valence-electron chi connectivity index (χ2n) is 6.53. The molecule has 2 aliphatic rings. The van der Waals surface area contributed by atoms with Gasteiger partial charge in [0.15, 0.2) is 14.9 Å². The van der Waals surface area contributed by atoms with Crippen molar-refractivity contribution in [3.8, 4) is 5.75 Å². The zero-order valence-electron chi connectivity index (χ0n) is 14.3. The number of benzene rings is 2. The first-order valence-corrected chi connectivity index (χ1v) is 11.2. The Kier molecular flexibility index (Phi) is 4.74. The number of rotatable bonds is 3. The second kappa shape index (κ2) is 6.81. The maximum Gasteiger partial charge on any atom is 0.181 e. The van der Waals surface area contributed by atoms with Crippen molar-refractivity contribution in [3.63, 3.8) is 0 Å². The van der Waals surface area contributed by atoms with E-state index in [4.69, 9.17) is 40.2 Å². The minimum Gasteiger partial charge on any atom is -0.497 e. The van der Waals surface area contributed by atoms with Gasteiger partial charge in [0.1, 0.15) is 5.75 Å². The molecule has 0 saturated carbocycles. The van der Waals surface area contributed by atoms with E-state index in [0.29, 0.717) is 15.2 Å². The van der Waals surface area contributed by atoms with E-state index in [-0.39, 0.29) is 23.6 Å². The summed E-state index contributed by atoms with van der Waals surface area (Å²) in [5.74, 6) is 0.826. The predicted molar refractivity (Wildman–Crippen MR) is 113 cm³/mol. The summed E-state index contributed by atoms with van der Waals surface area (Å²) in [5.41, 5.74) is 1.56. The third-order valence-corrected chi connectivity index (χ3v) is 7.73. The molecular weight excluding hydrogens is 427 g/mol. The molecule has 0 amide bonds. The molecule has 0 spiro atoms. The van der Waals surface area contributed by atoms with Gasteiger partial charge in [-0.1, -0.05) is 23.2 Å². The third-order valence-electron chi connectivity index (χ3n) is 4.90. The zero-order chi connectivity index (χ0) is 19.3. The molecule has 0 radical (unpaired) electrons. The SMILES string of the molecule is COc1ccc(N2C(=S)N(c3ccc(Cl)c(Cl)c3)[C@@H]3CS(=O)(=O)C[C@H]32)cc1. The minimum absolute atomic E-state index is 0.0463. The van der Waals surface area contributed by atoms with E-state index >= 15 is 0 Å². The fourth-order valence-electron chi connectivity index (χ4n) is 3.69. The smallest absolute Gasteiger partial charge is 0.181 e. The number of hydrogen-bond acceptors (Lipinski definition) is 4. The zero-order valence-corrected chi connectivity index (χ0v) is 17.4. The van der Waals surface area contributed by atoms with Gasteiger partial charge in [-0.2, -0.15) is 0 Å². The third kappa shape index (κ3) is 3.27. The predicted octanol–water partition coefficient (Wildman–Crippen LogP) is 3.78. The van der Waals surface area contributed by atoms with Gasteiger partial charge in [-0.15, -0.1) is 0 Å². The number of halogens is 2. The molecule has 27 heavy (non-hydrogen) atoms. The number of methoxy groups -OCH3 is 1. The van der Waals surface area contributed by atoms with Gasteiger partial charge in [-0.25, -0.2) is 8.42 Å². The Labute approximate surface area is 173 Å². The highest BCUT2D eigenvalue weighted by atomic mass is 35.5. The molecular formula is C18H16Cl2N2O3S2. The first kappa shape index (κ1) is 18.8. The van der Waals surface area contributed by atoms with Gasteiger partial charge < -0.3 is 14.5 Å². The van der Waals surface area contributed by atoms with E-state index < -0.39 is 9.84 Å². The summed E-state index contributed by atoms with van der Waals surface area (Å²) in [6.07, 6.45) is 0. The van der Waals surface area contributed by atoms with E-state index in [1.54, 1.807) is 25.3 Å². The average molecular weight is 443 g/mol. The van der Waals surface area contributed by atoms with Crippen molar-refractivity contribution in [2.45, 2.75) is 12.1 Å². The fraction of sp³-hybridized carbons (Fsp3) is 0.278. The van der Waals surface area contributed by atoms with Crippen molar-refractivity contribution < 1.29 is 13.2 Å². The molecule has 0 aliphatic carbocycles. The fourth-order valence-corrected chi connectivity index (χ4v) is 6.38. The van der Waals surface area contributed by atoms with Crippen LogP contribution in [-0.4, -0.2) is 44.2 Å². The summed E-state index contributed by atoms with van der Waals surface area (Å²) in [4.78, 5) is 3.78. The van der Waals surface area contributed by atoms with Crippen LogP contribution in [0, 0.1) is 0 Å². The van der Waals surface area contributed by atoms with E-state index in [2.05, 4.69) is 0 Å². The number of nitrogens with zero attached hydrogens (tertiary/aromatic N) is 2. The molecule has 9 heteroatoms. The van der Waals surface area contributed by atoms with E-state index in [9.17, 15) is 8.42 Å². The Morgan fingerprint density at radius 2 is 1.52 bits per heavy atom. The van der Waals surface area contributed by atoms with Crippen LogP contribution in [0.4, 0.5) is 11.4 Å². The molecule has 5 nitrogen and oxygen atoms in total. The highest BCUT2D eigenvalue weighted by Gasteiger charge is 2.52. The average Bonchev–Trinajstić information content (AvgIpc) is 3.06. The largest absolute Gasteiger partial charge is 0.497 e. The monoisotopic (exact) mass is 442 g/mol. The van der Waals surface area contributed by atoms with Crippen molar-refractivity contribution in [1.29, 1.82) is 0 Å². The van der Waals surface area contributed by atoms with Crippen molar-refractivity contribution in [1.82, 2.24) is 0 Å². The van der Waals surface area contributed by atoms with Crippen LogP contribution in [0.25, 0.3) is 0 Å². The normalized spacial score (nSPS) is 23.6. The summed E-state index contributed by atoms with van der Waals surface area (Å²) in [7, 11) is -1.57. The summed E-state index contributed by atoms with van der Waals surface area (Å²) in [6, 6.07) is 12.1. The van der Waals surface area contributed by atoms with Gasteiger partial charge in [0.25, 0.3) is 0 Å². The number of hydrogen-bond donors (Lipinski definition) is 0. The lowest BCUT2D eigenvalue weighted by atomic mass is 10.1. The van der Waals surface area contributed by atoms with Crippen LogP contribution in [0.15, 0.2) is 42.5 Å². The Hall–Kier alpha value is -1.54. The first-order chi connectivity index (χ1) is 12.8. The number of sulfone groups is 1. The van der Waals surface area contributed by atoms with Gasteiger partial charge in [-0.05, 0) is 54.7 Å². The molecule has 2 aromatic rings. The van der Waals surface area contributed by atoms with Gasteiger partial charge in [0, 0.05) is 11.4 Å². The molecule has 0 aromatic heterocycles. The molecule has 142 valence electrons. The van der Waals surface area contributed by atoms with E-state index in [0.717, 1.165) is 17.1 Å². The molecule has 0 unspecified atom stereocenters. The lowest BCUT2D eigenvalue weighted by Crippen LogP contribution is -2.37. The van der Waals surface area contributed by atoms with Gasteiger partial charge in [-0.3, -0.25) is 0 Å². The van der Waals surface area contributed by atoms with Crippen LogP contribution in [0.3, 0.4) is 0 Å². The van der Waals surface area contributed by atoms with Crippen molar-refractivity contribution in [2.24, 2.45) is 0 Å². The Morgan fingerprint density at radius 1 is 0.963 bits per heavy atom. The molecule has 2 fully saturated rings. The second-order valence-corrected chi connectivity index (χ2v) is 9.86. The molecule has 0 bridgehead atoms. The van der Waals surface area contributed by atoms with E-state index in [1.165, 1.54) is 0 Å². The quantitative estimate of drug-likeness (QED) is 0.674. The molecule has 0 N–H and O–H groups in total. The maximum absolute atomic E-state index is 12.4. The number of anilines is 2. The highest BCUT2D eigenvalue weighted by molar-refractivity contribution is 7.91. The molecule has 4 rings (SSSR count). The summed E-state index contributed by atoms with van der Waals surface area (Å²) in [6.45, 7) is 0. The summed E-state index contributed by atoms with van der Waals surface area (Å²) < 4.78 is 29.9. The molecule has 2 atom stereocenters. The topological polar surface area (TPSA) is 49.9 Å². The Morgan fingerprint density at radius 3 is 2.07 bits per heavy atom. The standard InChI is InChI=1S/C18H16Cl2N2O3S2/c1-25-13-5-2-11(3-6-13)21-16-9-27(23,24)10-17(16)22(18(21)26)12-4-7-14(19)15(20)8-12/h2-8,16-17H,9-10H2,1H3/t16-,17-/m1/s1. The molecule has 2 heterocycles. The number of ether oxygens (including phenoxy) is 1. The van der Waals surface area contributed by atoms with Crippen LogP contribution in [-0.2, 0) is 9.84 Å². The maximum atomic E-state index is 12.4. The summed E-state index contributed by atoms with van der Waals surface area (Å²) in [5, 5.41) is 1.38. The lowest BCUT2D eigenvalue weighted by molar-refractivity contribution is 0.415. The van der Waals surface area contributed by atoms with Crippen LogP contribution in [0.2, 0.25) is 10.0 Å².